The fourth-order valence-electron chi connectivity index (χ4n) is 0.856. The van der Waals surface area contributed by atoms with E-state index in [0.29, 0.717) is 0 Å². The summed E-state index contributed by atoms with van der Waals surface area (Å²) in [5.41, 5.74) is 1.93. The molecule has 0 bridgehead atoms. The monoisotopic (exact) mass is 362 g/mol. The van der Waals surface area contributed by atoms with Crippen LogP contribution in [0.25, 0.3) is 0 Å². The first-order chi connectivity index (χ1) is 8.01. The number of benzene rings is 1. The Bertz CT molecular complexity index is 556. The predicted octanol–water partition coefficient (Wildman–Crippen LogP) is 3.30. The van der Waals surface area contributed by atoms with E-state index < -0.39 is 17.3 Å². The van der Waals surface area contributed by atoms with Crippen molar-refractivity contribution in [1.29, 1.82) is 10.5 Å². The van der Waals surface area contributed by atoms with Crippen molar-refractivity contribution in [3.8, 4) is 12.1 Å². The van der Waals surface area contributed by atoms with Gasteiger partial charge in [-0.05, 0) is 37.9 Å². The van der Waals surface area contributed by atoms with Crippen LogP contribution in [0, 0.1) is 34.3 Å². The largest absolute Gasteiger partial charge is 0.274 e. The van der Waals surface area contributed by atoms with Crippen LogP contribution in [0.2, 0.25) is 0 Å². The Balaban J connectivity index is 3.18. The van der Waals surface area contributed by atoms with Crippen molar-refractivity contribution in [2.75, 3.05) is 5.43 Å². The Labute approximate surface area is 112 Å². The average molecular weight is 364 g/mol. The molecule has 0 fully saturated rings. The third kappa shape index (κ3) is 2.99. The molecule has 1 aromatic carbocycles. The minimum Gasteiger partial charge on any atom is -0.274 e. The molecule has 0 heterocycles. The number of anilines is 1. The van der Waals surface area contributed by atoms with Crippen LogP contribution >= 0.6 is 31.9 Å². The summed E-state index contributed by atoms with van der Waals surface area (Å²) in [6.07, 6.45) is 0. The van der Waals surface area contributed by atoms with Gasteiger partial charge in [0.25, 0.3) is 0 Å². The third-order valence-electron chi connectivity index (χ3n) is 1.61. The molecular weight excluding hydrogens is 362 g/mol. The van der Waals surface area contributed by atoms with Crippen molar-refractivity contribution in [1.82, 2.24) is 0 Å². The molecule has 0 aliphatic rings. The summed E-state index contributed by atoms with van der Waals surface area (Å²) in [7, 11) is 0. The second kappa shape index (κ2) is 5.71. The summed E-state index contributed by atoms with van der Waals surface area (Å²) >= 11 is 5.83. The minimum atomic E-state index is -1.10. The molecule has 1 aromatic rings. The first kappa shape index (κ1) is 13.6. The van der Waals surface area contributed by atoms with Crippen LogP contribution in [0.15, 0.2) is 20.1 Å². The number of nitrogens with zero attached hydrogens (tertiary/aromatic N) is 3. The smallest absolute Gasteiger partial charge is 0.237 e. The van der Waals surface area contributed by atoms with Gasteiger partial charge >= 0.3 is 0 Å². The summed E-state index contributed by atoms with van der Waals surface area (Å²) in [5, 5.41) is 20.3. The molecule has 8 heteroatoms. The van der Waals surface area contributed by atoms with Gasteiger partial charge in [-0.25, -0.2) is 8.78 Å². The Kier molecular flexibility index (Phi) is 4.55. The van der Waals surface area contributed by atoms with Crippen molar-refractivity contribution >= 4 is 43.3 Å². The van der Waals surface area contributed by atoms with Crippen LogP contribution in [0.4, 0.5) is 14.5 Å². The minimum absolute atomic E-state index is 0.0758. The van der Waals surface area contributed by atoms with Gasteiger partial charge < -0.3 is 0 Å². The zero-order chi connectivity index (χ0) is 13.0. The first-order valence-electron chi connectivity index (χ1n) is 3.98. The summed E-state index contributed by atoms with van der Waals surface area (Å²) < 4.78 is 26.2. The summed E-state index contributed by atoms with van der Waals surface area (Å²) in [5.74, 6) is -2.14. The third-order valence-corrected chi connectivity index (χ3v) is 2.98. The van der Waals surface area contributed by atoms with Crippen molar-refractivity contribution in [2.24, 2.45) is 5.10 Å². The number of hydrogen-bond acceptors (Lipinski definition) is 4. The lowest BCUT2D eigenvalue weighted by Crippen LogP contribution is -2.00. The predicted molar refractivity (Wildman–Crippen MR) is 64.0 cm³/mol. The maximum Gasteiger partial charge on any atom is 0.237 e. The number of rotatable bonds is 2. The maximum absolute atomic E-state index is 13.2. The van der Waals surface area contributed by atoms with Crippen LogP contribution in [-0.4, -0.2) is 5.71 Å². The van der Waals surface area contributed by atoms with Crippen molar-refractivity contribution < 1.29 is 8.78 Å². The molecule has 0 spiro atoms. The molecule has 0 aliphatic heterocycles. The molecule has 0 saturated carbocycles. The Hall–Kier alpha value is -1.51. The highest BCUT2D eigenvalue weighted by Crippen LogP contribution is 2.34. The van der Waals surface area contributed by atoms with Crippen LogP contribution in [0.5, 0.6) is 0 Å². The van der Waals surface area contributed by atoms with Gasteiger partial charge in [0.2, 0.25) is 5.71 Å². The quantitative estimate of drug-likeness (QED) is 0.379. The zero-order valence-corrected chi connectivity index (χ0v) is 11.1. The van der Waals surface area contributed by atoms with Gasteiger partial charge in [-0.1, -0.05) is 0 Å². The lowest BCUT2D eigenvalue weighted by Gasteiger charge is -2.07. The molecule has 0 aromatic heterocycles. The van der Waals surface area contributed by atoms with Gasteiger partial charge in [0.15, 0.2) is 11.6 Å². The standard InChI is InChI=1S/C9H2Br2F2N4/c10-5-1-6(12)8(13)7(11)9(5)17-16-4(2-14)3-15/h1,17H. The highest BCUT2D eigenvalue weighted by atomic mass is 79.9. The first-order valence-corrected chi connectivity index (χ1v) is 5.56. The molecule has 0 atom stereocenters. The highest BCUT2D eigenvalue weighted by Gasteiger charge is 2.15. The van der Waals surface area contributed by atoms with Crippen LogP contribution < -0.4 is 5.43 Å². The lowest BCUT2D eigenvalue weighted by atomic mass is 10.3. The van der Waals surface area contributed by atoms with Crippen LogP contribution in [0.1, 0.15) is 0 Å². The highest BCUT2D eigenvalue weighted by molar-refractivity contribution is 9.11. The van der Waals surface area contributed by atoms with E-state index in [4.69, 9.17) is 10.5 Å². The lowest BCUT2D eigenvalue weighted by molar-refractivity contribution is 0.504. The van der Waals surface area contributed by atoms with E-state index in [1.54, 1.807) is 0 Å². The van der Waals surface area contributed by atoms with Gasteiger partial charge in [0.05, 0.1) is 10.2 Å². The molecule has 1 N–H and O–H groups in total. The van der Waals surface area contributed by atoms with Gasteiger partial charge in [-0.2, -0.15) is 15.6 Å². The van der Waals surface area contributed by atoms with E-state index in [1.165, 1.54) is 12.1 Å². The average Bonchev–Trinajstić information content (AvgIpc) is 2.31. The second-order valence-corrected chi connectivity index (χ2v) is 4.29. The number of nitriles is 2. The molecule has 0 aliphatic carbocycles. The molecule has 1 rings (SSSR count). The van der Waals surface area contributed by atoms with E-state index in [1.807, 2.05) is 0 Å². The molecule has 86 valence electrons. The van der Waals surface area contributed by atoms with Crippen molar-refractivity contribution in [2.45, 2.75) is 0 Å². The second-order valence-electron chi connectivity index (χ2n) is 2.64. The zero-order valence-electron chi connectivity index (χ0n) is 7.93. The topological polar surface area (TPSA) is 72.0 Å². The Morgan fingerprint density at radius 2 is 1.88 bits per heavy atom. The number of hydrogen-bond donors (Lipinski definition) is 1. The number of halogens is 4. The normalized spacial score (nSPS) is 9.06. The van der Waals surface area contributed by atoms with Gasteiger partial charge in [0.1, 0.15) is 12.1 Å². The molecule has 0 saturated heterocycles. The SMILES string of the molecule is N#CC(C#N)=NNc1c(Br)cc(F)c(F)c1Br. The summed E-state index contributed by atoms with van der Waals surface area (Å²) in [6.45, 7) is 0. The van der Waals surface area contributed by atoms with Crippen LogP contribution in [-0.2, 0) is 0 Å². The summed E-state index contributed by atoms with van der Waals surface area (Å²) in [6, 6.07) is 3.93. The van der Waals surface area contributed by atoms with E-state index in [2.05, 4.69) is 42.4 Å². The van der Waals surface area contributed by atoms with E-state index in [9.17, 15) is 8.78 Å². The van der Waals surface area contributed by atoms with E-state index in [0.717, 1.165) is 6.07 Å². The molecular formula is C9H2Br2F2N4. The number of hydrazone groups is 1. The van der Waals surface area contributed by atoms with Crippen molar-refractivity contribution in [3.63, 3.8) is 0 Å². The van der Waals surface area contributed by atoms with Crippen LogP contribution in [0.3, 0.4) is 0 Å². The molecule has 0 amide bonds. The molecule has 17 heavy (non-hydrogen) atoms. The van der Waals surface area contributed by atoms with E-state index in [-0.39, 0.29) is 14.6 Å². The molecule has 0 radical (unpaired) electrons. The fraction of sp³-hybridized carbons (Fsp3) is 0. The van der Waals surface area contributed by atoms with Gasteiger partial charge in [0, 0.05) is 4.47 Å². The molecule has 0 unspecified atom stereocenters. The van der Waals surface area contributed by atoms with Crippen molar-refractivity contribution in [3.05, 3.63) is 26.6 Å². The fourth-order valence-corrected chi connectivity index (χ4v) is 2.10. The van der Waals surface area contributed by atoms with Gasteiger partial charge in [-0.3, -0.25) is 5.43 Å². The molecule has 4 nitrogen and oxygen atoms in total. The Morgan fingerprint density at radius 1 is 1.29 bits per heavy atom. The summed E-state index contributed by atoms with van der Waals surface area (Å²) in [4.78, 5) is 0. The van der Waals surface area contributed by atoms with E-state index >= 15 is 0 Å². The van der Waals surface area contributed by atoms with Gasteiger partial charge in [-0.15, -0.1) is 0 Å². The maximum atomic E-state index is 13.2. The Morgan fingerprint density at radius 3 is 2.41 bits per heavy atom. The number of nitrogens with one attached hydrogen (secondary N) is 1.